The van der Waals surface area contributed by atoms with Crippen molar-refractivity contribution in [2.24, 2.45) is 51.0 Å². The van der Waals surface area contributed by atoms with E-state index in [4.69, 9.17) is 40.1 Å². The largest absolute Gasteiger partial charge is 0.370 e. The molecule has 2 saturated heterocycles. The van der Waals surface area contributed by atoms with Crippen molar-refractivity contribution < 1.29 is 62.3 Å². The molecule has 0 unspecified atom stereocenters. The molecule has 0 aliphatic carbocycles. The van der Waals surface area contributed by atoms with Gasteiger partial charge in [-0.05, 0) is 119 Å². The Kier molecular flexibility index (Phi) is 33.9. The maximum Gasteiger partial charge on any atom is 0.245 e. The first-order valence-corrected chi connectivity index (χ1v) is 33.6. The molecule has 0 spiro atoms. The number of amides is 13. The highest BCUT2D eigenvalue weighted by Crippen LogP contribution is 2.24. The molecule has 0 saturated carbocycles. The van der Waals surface area contributed by atoms with Crippen LogP contribution in [-0.2, 0) is 75.2 Å². The molecule has 31 nitrogen and oxygen atoms in total. The molecule has 0 bridgehead atoms. The van der Waals surface area contributed by atoms with Crippen molar-refractivity contribution in [3.05, 3.63) is 71.8 Å². The second-order valence-electron chi connectivity index (χ2n) is 24.1. The standard InChI is InChI=1S/C63H98N18O13S/c1-37(2)33-45(57(89)74-41(53(68)85)27-32-95-3)73-52(84)36-72-54(86)46(34-38-15-6-4-7-16-38)78-58(90)47(35-39-17-8-5-9-18-39)79-56(88)42(23-25-50(66)82)75-55(87)43(24-26-51(67)83)76-59(91)49-22-14-31-81(49)62(94)44(20-10-11-28-64)77-60(92)48-21-13-30-80(48)61(93)40(65)19-12-29-71-63(69)70/h4-9,15-18,37,40-49H,10-14,19-36,64-65H2,1-3H3,(H2,66,82)(H2,67,83)(H2,68,85)(H,72,86)(H,73,84)(H,74,89)(H,75,87)(H,76,91)(H,77,92)(H,78,90)(H,79,88)(H4,69,70,71)/t40-,41+,42-,43+,44+,45-,46-,47-,48-,49-/m1/s1. The van der Waals surface area contributed by atoms with Crippen LogP contribution >= 0.6 is 11.8 Å². The van der Waals surface area contributed by atoms with Gasteiger partial charge in [-0.25, -0.2) is 0 Å². The molecule has 95 heavy (non-hydrogen) atoms. The summed E-state index contributed by atoms with van der Waals surface area (Å²) in [5.41, 5.74) is 40.6. The minimum atomic E-state index is -1.64. The molecule has 10 atom stereocenters. The molecule has 0 aromatic heterocycles. The maximum absolute atomic E-state index is 14.7. The lowest BCUT2D eigenvalue weighted by Gasteiger charge is -2.32. The summed E-state index contributed by atoms with van der Waals surface area (Å²) >= 11 is 1.45. The Labute approximate surface area is 558 Å². The Hall–Kier alpha value is -8.91. The van der Waals surface area contributed by atoms with E-state index in [0.717, 1.165) is 0 Å². The van der Waals surface area contributed by atoms with Gasteiger partial charge in [0, 0.05) is 45.3 Å². The van der Waals surface area contributed by atoms with Gasteiger partial charge in [0.2, 0.25) is 76.8 Å². The minimum absolute atomic E-state index is 0.0736. The van der Waals surface area contributed by atoms with Crippen LogP contribution < -0.4 is 82.7 Å². The number of nitrogens with zero attached hydrogens (tertiary/aromatic N) is 3. The summed E-state index contributed by atoms with van der Waals surface area (Å²) in [5.74, 6) is -9.80. The highest BCUT2D eigenvalue weighted by molar-refractivity contribution is 7.98. The minimum Gasteiger partial charge on any atom is -0.370 e. The predicted octanol–water partition coefficient (Wildman–Crippen LogP) is -3.71. The van der Waals surface area contributed by atoms with E-state index in [1.807, 2.05) is 20.1 Å². The van der Waals surface area contributed by atoms with Crippen molar-refractivity contribution in [3.8, 4) is 0 Å². The van der Waals surface area contributed by atoms with Gasteiger partial charge >= 0.3 is 0 Å². The number of thioether (sulfide) groups is 1. The molecule has 2 aromatic carbocycles. The fourth-order valence-corrected chi connectivity index (χ4v) is 11.5. The van der Waals surface area contributed by atoms with E-state index < -0.39 is 169 Å². The molecule has 0 radical (unpaired) electrons. The smallest absolute Gasteiger partial charge is 0.245 e. The number of aliphatic imine (C=N–C) groups is 1. The van der Waals surface area contributed by atoms with Crippen LogP contribution in [0.1, 0.15) is 121 Å². The number of nitrogens with two attached hydrogens (primary N) is 7. The van der Waals surface area contributed by atoms with Crippen LogP contribution in [0.4, 0.5) is 0 Å². The van der Waals surface area contributed by atoms with Crippen LogP contribution in [0.15, 0.2) is 65.7 Å². The zero-order chi connectivity index (χ0) is 70.1. The zero-order valence-electron chi connectivity index (χ0n) is 54.5. The lowest BCUT2D eigenvalue weighted by molar-refractivity contribution is -0.144. The van der Waals surface area contributed by atoms with Gasteiger partial charge in [0.25, 0.3) is 0 Å². The maximum atomic E-state index is 14.7. The number of hydrogen-bond acceptors (Lipinski definition) is 17. The number of rotatable bonds is 42. The number of guanidine groups is 1. The number of likely N-dealkylation sites (tertiary alicyclic amines) is 2. The van der Waals surface area contributed by atoms with Gasteiger partial charge in [0.1, 0.15) is 54.4 Å². The van der Waals surface area contributed by atoms with Gasteiger partial charge < -0.3 is 92.5 Å². The van der Waals surface area contributed by atoms with Crippen molar-refractivity contribution in [1.82, 2.24) is 52.3 Å². The van der Waals surface area contributed by atoms with Crippen molar-refractivity contribution in [2.45, 2.75) is 183 Å². The van der Waals surface area contributed by atoms with Crippen LogP contribution in [0.2, 0.25) is 0 Å². The first kappa shape index (κ1) is 78.5. The van der Waals surface area contributed by atoms with Crippen LogP contribution in [0.3, 0.4) is 0 Å². The van der Waals surface area contributed by atoms with Gasteiger partial charge in [0.15, 0.2) is 5.96 Å². The van der Waals surface area contributed by atoms with Crippen LogP contribution in [0, 0.1) is 5.92 Å². The van der Waals surface area contributed by atoms with E-state index in [9.17, 15) is 62.3 Å². The average molecular weight is 1350 g/mol. The third-order valence-electron chi connectivity index (χ3n) is 16.0. The molecule has 13 amide bonds. The summed E-state index contributed by atoms with van der Waals surface area (Å²) in [6.45, 7) is 3.86. The summed E-state index contributed by atoms with van der Waals surface area (Å²) in [4.78, 5) is 185. The molecule has 2 fully saturated rings. The van der Waals surface area contributed by atoms with E-state index in [0.29, 0.717) is 55.4 Å². The predicted molar refractivity (Wildman–Crippen MR) is 356 cm³/mol. The number of carbonyl (C=O) groups excluding carboxylic acids is 13. The summed E-state index contributed by atoms with van der Waals surface area (Å²) in [6.07, 6.45) is 3.12. The third-order valence-corrected chi connectivity index (χ3v) is 16.7. The second kappa shape index (κ2) is 41.0. The van der Waals surface area contributed by atoms with Crippen molar-refractivity contribution in [2.75, 3.05) is 44.7 Å². The van der Waals surface area contributed by atoms with Gasteiger partial charge in [-0.1, -0.05) is 74.5 Å². The number of hydrogen-bond donors (Lipinski definition) is 15. The Morgan fingerprint density at radius 1 is 0.537 bits per heavy atom. The Morgan fingerprint density at radius 3 is 1.51 bits per heavy atom. The topological polar surface area (TPSA) is 519 Å². The average Bonchev–Trinajstić information content (AvgIpc) is 1.74. The Morgan fingerprint density at radius 2 is 1.01 bits per heavy atom. The fourth-order valence-electron chi connectivity index (χ4n) is 11.0. The SMILES string of the molecule is CSCC[C@H](NC(=O)[C@@H](CC(C)C)NC(=O)CNC(=O)[C@@H](Cc1ccccc1)NC(=O)[C@@H](Cc1ccccc1)NC(=O)[C@@H](CCC(N)=O)NC(=O)[C@H](CCC(N)=O)NC(=O)[C@H]1CCCN1C(=O)[C@H](CCCCN)NC(=O)[C@H]1CCCN1C(=O)[C@H](N)CCCN=C(N)N)C(N)=O. The monoisotopic (exact) mass is 1350 g/mol. The van der Waals surface area contributed by atoms with Crippen LogP contribution in [0.5, 0.6) is 0 Å². The summed E-state index contributed by atoms with van der Waals surface area (Å²) in [7, 11) is 0. The highest BCUT2D eigenvalue weighted by Gasteiger charge is 2.42. The molecule has 22 N–H and O–H groups in total. The first-order chi connectivity index (χ1) is 45.2. The Bertz CT molecular complexity index is 2960. The molecule has 2 aliphatic heterocycles. The van der Waals surface area contributed by atoms with Gasteiger partial charge in [-0.3, -0.25) is 67.3 Å². The third kappa shape index (κ3) is 27.5. The zero-order valence-corrected chi connectivity index (χ0v) is 55.3. The molecule has 4 rings (SSSR count). The summed E-state index contributed by atoms with van der Waals surface area (Å²) in [6, 6.07) is 4.51. The molecule has 524 valence electrons. The second-order valence-corrected chi connectivity index (χ2v) is 25.1. The van der Waals surface area contributed by atoms with Gasteiger partial charge in [-0.15, -0.1) is 0 Å². The van der Waals surface area contributed by atoms with Gasteiger partial charge in [-0.2, -0.15) is 11.8 Å². The van der Waals surface area contributed by atoms with Crippen LogP contribution in [0.25, 0.3) is 0 Å². The number of carbonyl (C=O) groups is 13. The molecule has 32 heteroatoms. The number of benzene rings is 2. The van der Waals surface area contributed by atoms with Crippen molar-refractivity contribution >= 4 is 94.5 Å². The quantitative estimate of drug-likeness (QED) is 0.0173. The summed E-state index contributed by atoms with van der Waals surface area (Å²) in [5, 5.41) is 21.1. The van der Waals surface area contributed by atoms with Crippen LogP contribution in [-0.4, -0.2) is 198 Å². The Balaban J connectivity index is 1.56. The van der Waals surface area contributed by atoms with Gasteiger partial charge in [0.05, 0.1) is 12.6 Å². The van der Waals surface area contributed by atoms with E-state index >= 15 is 0 Å². The van der Waals surface area contributed by atoms with Crippen molar-refractivity contribution in [3.63, 3.8) is 0 Å². The van der Waals surface area contributed by atoms with E-state index in [-0.39, 0.29) is 83.0 Å². The number of unbranched alkanes of at least 4 members (excludes halogenated alkanes) is 1. The fraction of sp³-hybridized carbons (Fsp3) is 0.587. The van der Waals surface area contributed by atoms with Crippen molar-refractivity contribution in [1.29, 1.82) is 0 Å². The number of nitrogens with one attached hydrogen (secondary N) is 8. The molecule has 2 heterocycles. The molecule has 2 aliphatic rings. The molecule has 2 aromatic rings. The van der Waals surface area contributed by atoms with E-state index in [1.54, 1.807) is 60.7 Å². The van der Waals surface area contributed by atoms with E-state index in [1.165, 1.54) is 21.6 Å². The normalized spacial score (nSPS) is 16.8. The summed E-state index contributed by atoms with van der Waals surface area (Å²) < 4.78 is 0. The molecular formula is C63H98N18O13S. The molecular weight excluding hydrogens is 1250 g/mol. The van der Waals surface area contributed by atoms with E-state index in [2.05, 4.69) is 47.5 Å². The first-order valence-electron chi connectivity index (χ1n) is 32.2. The highest BCUT2D eigenvalue weighted by atomic mass is 32.2. The lowest BCUT2D eigenvalue weighted by Crippen LogP contribution is -2.60. The lowest BCUT2D eigenvalue weighted by atomic mass is 10.0. The number of primary amides is 3.